The summed E-state index contributed by atoms with van der Waals surface area (Å²) in [6, 6.07) is 7.78. The van der Waals surface area contributed by atoms with Gasteiger partial charge in [0.25, 0.3) is 5.91 Å². The molecule has 0 aliphatic carbocycles. The lowest BCUT2D eigenvalue weighted by molar-refractivity contribution is -0.140. The van der Waals surface area contributed by atoms with E-state index < -0.39 is 127 Å². The highest BCUT2D eigenvalue weighted by molar-refractivity contribution is 14.1. The molecule has 0 unspecified atom stereocenters. The highest BCUT2D eigenvalue weighted by atomic mass is 127. The van der Waals surface area contributed by atoms with Gasteiger partial charge < -0.3 is 89.2 Å². The Morgan fingerprint density at radius 3 is 1.79 bits per heavy atom. The van der Waals surface area contributed by atoms with Gasteiger partial charge in [-0.25, -0.2) is 0 Å². The second-order valence-electron chi connectivity index (χ2n) is 23.8. The maximum absolute atomic E-state index is 14.3. The fraction of sp³-hybridized carbons (Fsp3) is 0.541. The molecule has 1 aromatic heterocycles. The Labute approximate surface area is 578 Å². The number of para-hydroxylation sites is 1. The topological polar surface area (TPSA) is 524 Å². The Hall–Kier alpha value is -8.73. The first kappa shape index (κ1) is 80.0. The Balaban J connectivity index is 1.24. The number of unbranched alkanes of at least 4 members (excludes halogenated alkanes) is 1. The second-order valence-corrected chi connectivity index (χ2v) is 25.0. The molecule has 0 saturated carbocycles. The summed E-state index contributed by atoms with van der Waals surface area (Å²) in [7, 11) is -1.94. The number of benzene rings is 2. The van der Waals surface area contributed by atoms with E-state index in [0.717, 1.165) is 14.0 Å². The third kappa shape index (κ3) is 28.4. The van der Waals surface area contributed by atoms with E-state index in [-0.39, 0.29) is 165 Å². The van der Waals surface area contributed by atoms with Crippen molar-refractivity contribution in [2.75, 3.05) is 110 Å². The quantitative estimate of drug-likeness (QED) is 0.00862. The predicted molar refractivity (Wildman–Crippen MR) is 362 cm³/mol. The molecule has 2 saturated heterocycles. The lowest BCUT2D eigenvalue weighted by Crippen LogP contribution is -2.55. The number of carboxylic acids is 4. The maximum Gasteiger partial charge on any atom is 0.475 e. The number of guanidine groups is 1. The molecule has 2 aliphatic heterocycles. The van der Waals surface area contributed by atoms with Crippen molar-refractivity contribution in [1.82, 2.24) is 61.4 Å². The first-order valence-corrected chi connectivity index (χ1v) is 33.0. The van der Waals surface area contributed by atoms with Crippen molar-refractivity contribution < 1.29 is 93.1 Å². The number of carbonyl (C=O) groups excluding carboxylic acids is 8. The van der Waals surface area contributed by atoms with E-state index in [0.29, 0.717) is 19.3 Å². The number of aromatic nitrogens is 1. The Bertz CT molecular complexity index is 3270. The van der Waals surface area contributed by atoms with Crippen molar-refractivity contribution in [3.05, 3.63) is 69.4 Å². The number of likely N-dealkylation sites (tertiary alicyclic amines) is 1. The van der Waals surface area contributed by atoms with E-state index in [2.05, 4.69) is 69.8 Å². The van der Waals surface area contributed by atoms with Gasteiger partial charge in [0.2, 0.25) is 41.4 Å². The zero-order valence-corrected chi connectivity index (χ0v) is 56.5. The van der Waals surface area contributed by atoms with Crippen LogP contribution in [0.2, 0.25) is 0 Å². The number of halogens is 1. The molecular weight excluding hydrogens is 1400 g/mol. The summed E-state index contributed by atoms with van der Waals surface area (Å²) >= 11 is 2.18. The lowest BCUT2D eigenvalue weighted by Gasteiger charge is -2.32. The first-order valence-electron chi connectivity index (χ1n) is 31.9. The van der Waals surface area contributed by atoms with Crippen LogP contribution in [-0.4, -0.2) is 290 Å². The van der Waals surface area contributed by atoms with Gasteiger partial charge in [0.15, 0.2) is 5.96 Å². The highest BCUT2D eigenvalue weighted by Gasteiger charge is 2.43. The third-order valence-corrected chi connectivity index (χ3v) is 16.7. The normalized spacial score (nSPS) is 17.1. The Morgan fingerprint density at radius 2 is 1.21 bits per heavy atom. The monoisotopic (exact) mass is 1490 g/mol. The number of nitrogens with one attached hydrogen (secondary N) is 7. The van der Waals surface area contributed by atoms with Gasteiger partial charge in [-0.2, -0.15) is 0 Å². The molecule has 3 heterocycles. The van der Waals surface area contributed by atoms with E-state index in [4.69, 9.17) is 11.5 Å². The van der Waals surface area contributed by atoms with Gasteiger partial charge in [0.1, 0.15) is 24.2 Å². The van der Waals surface area contributed by atoms with Gasteiger partial charge in [-0.05, 0) is 111 Å². The molecule has 0 spiro atoms. The number of anilines is 1. The Kier molecular flexibility index (Phi) is 33.3. The lowest BCUT2D eigenvalue weighted by atomic mass is 9.77. The second kappa shape index (κ2) is 40.9. The number of aliphatic carboxylic acids is 4. The van der Waals surface area contributed by atoms with Crippen LogP contribution in [0, 0.1) is 3.57 Å². The van der Waals surface area contributed by atoms with Crippen LogP contribution in [0.5, 0.6) is 0 Å². The number of hydrogen-bond acceptors (Lipinski definition) is 21. The largest absolute Gasteiger partial charge is 0.481 e. The van der Waals surface area contributed by atoms with Crippen LogP contribution in [0.4, 0.5) is 5.69 Å². The minimum Gasteiger partial charge on any atom is -0.481 e. The maximum atomic E-state index is 14.3. The first-order chi connectivity index (χ1) is 46.5. The number of β-amino-alcohol motifs (C(OH)–C–C–N with tert-alkyl or cyclic N) is 1. The number of fused-ring (bicyclic) bond motifs is 1. The molecule has 536 valence electrons. The van der Waals surface area contributed by atoms with E-state index in [1.165, 1.54) is 37.4 Å². The van der Waals surface area contributed by atoms with Crippen LogP contribution in [0.1, 0.15) is 80.6 Å². The average Bonchev–Trinajstić information content (AvgIpc) is 0.966. The molecule has 8 amide bonds. The van der Waals surface area contributed by atoms with E-state index >= 15 is 0 Å². The summed E-state index contributed by atoms with van der Waals surface area (Å²) in [5, 5.41) is 86.4. The van der Waals surface area contributed by atoms with Crippen LogP contribution < -0.4 is 48.7 Å². The number of aryl methyl sites for hydroxylation is 1. The summed E-state index contributed by atoms with van der Waals surface area (Å²) in [4.78, 5) is 173. The zero-order chi connectivity index (χ0) is 72.0. The van der Waals surface area contributed by atoms with Crippen LogP contribution in [0.3, 0.4) is 0 Å². The Morgan fingerprint density at radius 1 is 0.643 bits per heavy atom. The predicted octanol–water partition coefficient (Wildman–Crippen LogP) is -4.25. The number of aliphatic hydroxyl groups is 1. The van der Waals surface area contributed by atoms with Crippen molar-refractivity contribution >= 4 is 123 Å². The number of nitrogens with zero attached hydrogens (tertiary/aromatic N) is 7. The van der Waals surface area contributed by atoms with Crippen molar-refractivity contribution in [3.63, 3.8) is 0 Å². The SMILES string of the molecule is C[C@@H](NC(=O)c1ccnc2c(NC(=O)[C@H](CC(=O)O)NC(=O)CNC(=O)[C@H](CCCN=C(N)N)NC(=O)[C@H](CCCCNC(=O)CN3CCN(CC(=O)O)CCN(CC(=O)O)CCN(CC(=O)O)CC3)NC(=O)CCCc3ccc(I)cc3)cccc12)C(=O)N1C[C@@H](O)C[C@H]1B(O)O. The average molecular weight is 1490 g/mol. The minimum atomic E-state index is -1.94. The van der Waals surface area contributed by atoms with Crippen LogP contribution in [0.15, 0.2) is 59.7 Å². The van der Waals surface area contributed by atoms with Gasteiger partial charge in [0, 0.05) is 93.6 Å². The van der Waals surface area contributed by atoms with Crippen molar-refractivity contribution in [3.8, 4) is 0 Å². The number of amides is 8. The number of hydrogen-bond donors (Lipinski definition) is 16. The molecule has 37 heteroatoms. The molecule has 0 bridgehead atoms. The number of aliphatic hydroxyl groups excluding tert-OH is 1. The number of rotatable bonds is 36. The summed E-state index contributed by atoms with van der Waals surface area (Å²) in [5.41, 5.74) is 12.1. The molecule has 5 rings (SSSR count). The van der Waals surface area contributed by atoms with Crippen LogP contribution >= 0.6 is 22.6 Å². The number of pyridine rings is 1. The zero-order valence-electron chi connectivity index (χ0n) is 54.3. The van der Waals surface area contributed by atoms with Gasteiger partial charge in [-0.3, -0.25) is 87.1 Å². The van der Waals surface area contributed by atoms with Gasteiger partial charge >= 0.3 is 31.0 Å². The molecule has 2 aliphatic rings. The highest BCUT2D eigenvalue weighted by Crippen LogP contribution is 2.26. The molecular formula is C61H88BIN16O19. The minimum absolute atomic E-state index is 0.00515. The van der Waals surface area contributed by atoms with Crippen LogP contribution in [0.25, 0.3) is 10.9 Å². The van der Waals surface area contributed by atoms with E-state index in [1.54, 1.807) is 19.6 Å². The summed E-state index contributed by atoms with van der Waals surface area (Å²) in [5.74, 6) is -12.3. The molecule has 0 radical (unpaired) electrons. The third-order valence-electron chi connectivity index (χ3n) is 16.0. The molecule has 3 aromatic rings. The summed E-state index contributed by atoms with van der Waals surface area (Å²) in [6.45, 7) is 0.840. The number of carboxylic acid groups (broad SMARTS) is 4. The van der Waals surface area contributed by atoms with Gasteiger partial charge in [-0.1, -0.05) is 24.3 Å². The van der Waals surface area contributed by atoms with Crippen molar-refractivity contribution in [2.45, 2.75) is 107 Å². The molecule has 35 nitrogen and oxygen atoms in total. The summed E-state index contributed by atoms with van der Waals surface area (Å²) < 4.78 is 1.03. The molecule has 2 aromatic carbocycles. The van der Waals surface area contributed by atoms with E-state index in [9.17, 15) is 93.1 Å². The number of carbonyl (C=O) groups is 12. The van der Waals surface area contributed by atoms with Crippen molar-refractivity contribution in [2.24, 2.45) is 16.5 Å². The number of nitrogens with two attached hydrogens (primary N) is 2. The molecule has 98 heavy (non-hydrogen) atoms. The fourth-order valence-corrected chi connectivity index (χ4v) is 11.4. The molecule has 6 atom stereocenters. The van der Waals surface area contributed by atoms with E-state index in [1.807, 2.05) is 24.3 Å². The number of aliphatic imine (C=N–C) groups is 1. The molecule has 2 fully saturated rings. The molecule has 18 N–H and O–H groups in total. The smallest absolute Gasteiger partial charge is 0.475 e. The van der Waals surface area contributed by atoms with Gasteiger partial charge in [-0.15, -0.1) is 0 Å². The van der Waals surface area contributed by atoms with Crippen LogP contribution in [-0.2, 0) is 59.2 Å². The van der Waals surface area contributed by atoms with Crippen molar-refractivity contribution in [1.29, 1.82) is 0 Å². The van der Waals surface area contributed by atoms with Gasteiger partial charge in [0.05, 0.1) is 68.0 Å². The fourth-order valence-electron chi connectivity index (χ4n) is 11.0. The summed E-state index contributed by atoms with van der Waals surface area (Å²) in [6.07, 6.45) is 0.701. The standard InChI is InChI=1S/C61H88BIN16O19/c1-37(60(96)79-32-40(80)29-47(79)62(97)98)70-56(92)42-17-20-67-55-41(42)8-5-10-43(55)73-59(95)46(30-51(84)85)72-49(82)31-69-57(93)44(11-6-19-68-61(64)65)74-58(94)45(71-48(81)12-4-7-38-13-15-39(63)16-14-38)9-2-3-18-66-50(83)33-75-21-23-76(34-52(86)87)25-27-78(36-54(90)91)28-26-77(24-22-75)35-53(88)89/h5,8,10,13-17,20,37,40,44-47,80,97-98H,2-4,6-7,9,11-12,18-19,21-36H2,1H3,(H,66,83)(H,69,93)(H,70,92)(H,71,81)(H,72,82)(H,73,95)(H,74,94)(H,84,85)(H,86,87)(H,88,89)(H,90,91)(H4,64,65,68)/t37-,40+,44+,45+,46+,47+/m1/s1.